The Morgan fingerprint density at radius 1 is 1.13 bits per heavy atom. The number of carbonyl (C=O) groups is 3. The van der Waals surface area contributed by atoms with Crippen LogP contribution < -0.4 is 16.0 Å². The first-order valence-corrected chi connectivity index (χ1v) is 10.3. The van der Waals surface area contributed by atoms with Gasteiger partial charge in [0.25, 0.3) is 5.91 Å². The maximum Gasteiger partial charge on any atom is 0.255 e. The van der Waals surface area contributed by atoms with E-state index in [1.165, 1.54) is 11.1 Å². The number of fused-ring (bicyclic) bond motifs is 2. The van der Waals surface area contributed by atoms with Gasteiger partial charge in [-0.25, -0.2) is 4.98 Å². The van der Waals surface area contributed by atoms with Crippen molar-refractivity contribution < 1.29 is 14.4 Å². The molecule has 3 amide bonds. The number of aromatic nitrogens is 1. The summed E-state index contributed by atoms with van der Waals surface area (Å²) in [4.78, 5) is 43.0. The van der Waals surface area contributed by atoms with Crippen LogP contribution in [-0.4, -0.2) is 40.2 Å². The highest BCUT2D eigenvalue weighted by Gasteiger charge is 2.39. The van der Waals surface area contributed by atoms with Crippen molar-refractivity contribution in [3.8, 4) is 0 Å². The van der Waals surface area contributed by atoms with Crippen LogP contribution in [0, 0.1) is 0 Å². The van der Waals surface area contributed by atoms with Gasteiger partial charge in [0.15, 0.2) is 0 Å². The Morgan fingerprint density at radius 2 is 2.03 bits per heavy atom. The van der Waals surface area contributed by atoms with Gasteiger partial charge in [0.05, 0.1) is 0 Å². The monoisotopic (exact) mass is 405 g/mol. The Labute approximate surface area is 174 Å². The average Bonchev–Trinajstić information content (AvgIpc) is 3.09. The van der Waals surface area contributed by atoms with Gasteiger partial charge in [0.1, 0.15) is 11.9 Å². The lowest BCUT2D eigenvalue weighted by Gasteiger charge is -2.29. The maximum absolute atomic E-state index is 13.2. The van der Waals surface area contributed by atoms with Crippen molar-refractivity contribution in [2.45, 2.75) is 44.9 Å². The molecular formula is C22H23N5O3. The number of piperidine rings is 1. The molecule has 8 heteroatoms. The van der Waals surface area contributed by atoms with Crippen LogP contribution in [0.2, 0.25) is 0 Å². The number of amides is 3. The van der Waals surface area contributed by atoms with Crippen LogP contribution in [0.5, 0.6) is 0 Å². The Kier molecular flexibility index (Phi) is 4.71. The first-order chi connectivity index (χ1) is 14.6. The molecule has 154 valence electrons. The fourth-order valence-electron chi connectivity index (χ4n) is 4.57. The molecule has 0 saturated carbocycles. The van der Waals surface area contributed by atoms with Crippen molar-refractivity contribution in [2.24, 2.45) is 0 Å². The van der Waals surface area contributed by atoms with Crippen LogP contribution in [0.25, 0.3) is 0 Å². The number of nitrogens with one attached hydrogen (secondary N) is 3. The SMILES string of the molecule is O=C1CCC(N2Cc3cccc(CNc4nccc5c4CNCC5)c3C2=O)C(=O)N1. The fraction of sp³-hybridized carbons (Fsp3) is 0.364. The highest BCUT2D eigenvalue weighted by molar-refractivity contribution is 6.06. The van der Waals surface area contributed by atoms with E-state index in [1.807, 2.05) is 24.4 Å². The third-order valence-corrected chi connectivity index (χ3v) is 6.11. The second-order valence-electron chi connectivity index (χ2n) is 7.93. The van der Waals surface area contributed by atoms with Crippen LogP contribution in [0.4, 0.5) is 5.82 Å². The van der Waals surface area contributed by atoms with Gasteiger partial charge in [-0.2, -0.15) is 0 Å². The summed E-state index contributed by atoms with van der Waals surface area (Å²) in [6.45, 7) is 2.60. The number of carbonyl (C=O) groups excluding carboxylic acids is 3. The molecule has 2 aromatic rings. The average molecular weight is 405 g/mol. The topological polar surface area (TPSA) is 103 Å². The van der Waals surface area contributed by atoms with Gasteiger partial charge in [-0.1, -0.05) is 18.2 Å². The van der Waals surface area contributed by atoms with Crippen LogP contribution in [0.15, 0.2) is 30.5 Å². The minimum atomic E-state index is -0.600. The molecule has 0 radical (unpaired) electrons. The molecular weight excluding hydrogens is 382 g/mol. The van der Waals surface area contributed by atoms with Crippen molar-refractivity contribution in [1.82, 2.24) is 20.5 Å². The van der Waals surface area contributed by atoms with Gasteiger partial charge in [-0.05, 0) is 42.1 Å². The number of benzene rings is 1. The largest absolute Gasteiger partial charge is 0.366 e. The second kappa shape index (κ2) is 7.53. The molecule has 3 aliphatic rings. The number of imide groups is 1. The van der Waals surface area contributed by atoms with E-state index in [0.29, 0.717) is 25.1 Å². The smallest absolute Gasteiger partial charge is 0.255 e. The predicted octanol–water partition coefficient (Wildman–Crippen LogP) is 1.10. The third-order valence-electron chi connectivity index (χ3n) is 6.11. The minimum Gasteiger partial charge on any atom is -0.366 e. The molecule has 1 unspecified atom stereocenters. The number of nitrogens with zero attached hydrogens (tertiary/aromatic N) is 2. The predicted molar refractivity (Wildman–Crippen MR) is 109 cm³/mol. The third kappa shape index (κ3) is 3.23. The summed E-state index contributed by atoms with van der Waals surface area (Å²) >= 11 is 0. The van der Waals surface area contributed by atoms with Gasteiger partial charge < -0.3 is 15.5 Å². The molecule has 30 heavy (non-hydrogen) atoms. The highest BCUT2D eigenvalue weighted by atomic mass is 16.2. The zero-order chi connectivity index (χ0) is 20.7. The Balaban J connectivity index is 1.37. The summed E-state index contributed by atoms with van der Waals surface area (Å²) in [5.74, 6) is 0.0181. The van der Waals surface area contributed by atoms with Crippen molar-refractivity contribution in [1.29, 1.82) is 0 Å². The second-order valence-corrected chi connectivity index (χ2v) is 7.93. The van der Waals surface area contributed by atoms with E-state index in [-0.39, 0.29) is 24.1 Å². The number of anilines is 1. The van der Waals surface area contributed by atoms with Crippen LogP contribution in [0.3, 0.4) is 0 Å². The standard InChI is InChI=1S/C22H23N5O3/c28-18-5-4-17(21(29)26-18)27-12-15-3-1-2-14(19(15)22(27)30)10-25-20-16-11-23-8-6-13(16)7-9-24-20/h1-3,7,9,17,23H,4-6,8,10-12H2,(H,24,25)(H,26,28,29). The molecule has 1 aromatic carbocycles. The van der Waals surface area contributed by atoms with Crippen molar-refractivity contribution in [3.05, 3.63) is 58.3 Å². The van der Waals surface area contributed by atoms with E-state index in [4.69, 9.17) is 0 Å². The Bertz CT molecular complexity index is 1050. The van der Waals surface area contributed by atoms with Gasteiger partial charge in [-0.15, -0.1) is 0 Å². The minimum absolute atomic E-state index is 0.151. The zero-order valence-corrected chi connectivity index (χ0v) is 16.5. The number of hydrogen-bond acceptors (Lipinski definition) is 6. The first kappa shape index (κ1) is 18.7. The fourth-order valence-corrected chi connectivity index (χ4v) is 4.57. The molecule has 0 aliphatic carbocycles. The van der Waals surface area contributed by atoms with Crippen molar-refractivity contribution in [3.63, 3.8) is 0 Å². The number of rotatable bonds is 4. The van der Waals surface area contributed by atoms with Gasteiger partial charge in [0.2, 0.25) is 11.8 Å². The Morgan fingerprint density at radius 3 is 2.90 bits per heavy atom. The van der Waals surface area contributed by atoms with E-state index >= 15 is 0 Å². The molecule has 3 aliphatic heterocycles. The summed E-state index contributed by atoms with van der Waals surface area (Å²) in [6, 6.07) is 7.26. The van der Waals surface area contributed by atoms with Crippen LogP contribution in [-0.2, 0) is 35.6 Å². The van der Waals surface area contributed by atoms with E-state index in [1.54, 1.807) is 4.90 Å². The highest BCUT2D eigenvalue weighted by Crippen LogP contribution is 2.30. The van der Waals surface area contributed by atoms with E-state index in [9.17, 15) is 14.4 Å². The van der Waals surface area contributed by atoms with Gasteiger partial charge in [0, 0.05) is 43.4 Å². The molecule has 3 N–H and O–H groups in total. The van der Waals surface area contributed by atoms with E-state index < -0.39 is 6.04 Å². The van der Waals surface area contributed by atoms with E-state index in [2.05, 4.69) is 27.0 Å². The molecule has 8 nitrogen and oxygen atoms in total. The van der Waals surface area contributed by atoms with Crippen molar-refractivity contribution in [2.75, 3.05) is 11.9 Å². The number of hydrogen-bond donors (Lipinski definition) is 3. The molecule has 1 saturated heterocycles. The molecule has 4 heterocycles. The molecule has 0 bridgehead atoms. The van der Waals surface area contributed by atoms with Gasteiger partial charge in [-0.3, -0.25) is 19.7 Å². The summed E-state index contributed by atoms with van der Waals surface area (Å²) < 4.78 is 0. The molecule has 1 atom stereocenters. The molecule has 1 aromatic heterocycles. The molecule has 0 spiro atoms. The lowest BCUT2D eigenvalue weighted by atomic mass is 10.0. The van der Waals surface area contributed by atoms with E-state index in [0.717, 1.165) is 36.5 Å². The lowest BCUT2D eigenvalue weighted by Crippen LogP contribution is -2.52. The number of pyridine rings is 1. The quantitative estimate of drug-likeness (QED) is 0.659. The van der Waals surface area contributed by atoms with Crippen LogP contribution in [0.1, 0.15) is 45.5 Å². The zero-order valence-electron chi connectivity index (χ0n) is 16.5. The van der Waals surface area contributed by atoms with Gasteiger partial charge >= 0.3 is 0 Å². The maximum atomic E-state index is 13.2. The molecule has 5 rings (SSSR count). The van der Waals surface area contributed by atoms with Crippen molar-refractivity contribution >= 4 is 23.5 Å². The van der Waals surface area contributed by atoms with Crippen LogP contribution >= 0.6 is 0 Å². The Hall–Kier alpha value is -3.26. The molecule has 1 fully saturated rings. The lowest BCUT2D eigenvalue weighted by molar-refractivity contribution is -0.136. The first-order valence-electron chi connectivity index (χ1n) is 10.3. The summed E-state index contributed by atoms with van der Waals surface area (Å²) in [5.41, 5.74) is 4.92. The normalized spacial score (nSPS) is 20.6. The summed E-state index contributed by atoms with van der Waals surface area (Å²) in [5, 5.41) is 9.12. The summed E-state index contributed by atoms with van der Waals surface area (Å²) in [7, 11) is 0. The summed E-state index contributed by atoms with van der Waals surface area (Å²) in [6.07, 6.45) is 3.42.